The molecule has 1 aromatic heterocycles. The van der Waals surface area contributed by atoms with E-state index in [1.165, 1.54) is 4.88 Å². The van der Waals surface area contributed by atoms with Crippen molar-refractivity contribution in [3.8, 4) is 5.75 Å². The van der Waals surface area contributed by atoms with Gasteiger partial charge in [-0.3, -0.25) is 0 Å². The van der Waals surface area contributed by atoms with Crippen LogP contribution in [0.1, 0.15) is 10.4 Å². The number of halogens is 2. The molecule has 0 atom stereocenters. The van der Waals surface area contributed by atoms with Gasteiger partial charge in [0.1, 0.15) is 12.4 Å². The lowest BCUT2D eigenvalue weighted by Crippen LogP contribution is -2.20. The summed E-state index contributed by atoms with van der Waals surface area (Å²) in [6.07, 6.45) is 0. The fourth-order valence-corrected chi connectivity index (χ4v) is 3.31. The molecule has 2 rings (SSSR count). The lowest BCUT2D eigenvalue weighted by atomic mass is 10.2. The molecule has 0 aliphatic heterocycles. The average molecular weight is 361 g/mol. The molecule has 0 spiro atoms. The highest BCUT2D eigenvalue weighted by Gasteiger charge is 2.00. The topological polar surface area (TPSA) is 21.3 Å². The lowest BCUT2D eigenvalue weighted by molar-refractivity contribution is 0.312. The maximum absolute atomic E-state index is 5.90. The number of nitrogens with one attached hydrogen (secondary N) is 1. The molecule has 19 heavy (non-hydrogen) atoms. The van der Waals surface area contributed by atoms with Crippen LogP contribution in [0, 0.1) is 6.92 Å². The zero-order valence-corrected chi connectivity index (χ0v) is 13.7. The Kier molecular flexibility index (Phi) is 5.70. The van der Waals surface area contributed by atoms with Crippen molar-refractivity contribution in [3.63, 3.8) is 0 Å². The quantitative estimate of drug-likeness (QED) is 0.758. The highest BCUT2D eigenvalue weighted by atomic mass is 79.9. The van der Waals surface area contributed by atoms with E-state index in [0.717, 1.165) is 33.9 Å². The van der Waals surface area contributed by atoms with Gasteiger partial charge in [-0.05, 0) is 52.7 Å². The molecule has 0 radical (unpaired) electrons. The Bertz CT molecular complexity index is 544. The first kappa shape index (κ1) is 14.9. The molecule has 0 unspecified atom stereocenters. The van der Waals surface area contributed by atoms with Crippen LogP contribution in [0.4, 0.5) is 0 Å². The molecule has 102 valence electrons. The van der Waals surface area contributed by atoms with Crippen molar-refractivity contribution in [1.82, 2.24) is 5.32 Å². The smallest absolute Gasteiger partial charge is 0.122 e. The minimum atomic E-state index is 0.648. The second kappa shape index (κ2) is 7.29. The summed E-state index contributed by atoms with van der Waals surface area (Å²) in [5.74, 6) is 0.894. The van der Waals surface area contributed by atoms with Gasteiger partial charge >= 0.3 is 0 Å². The number of ether oxygens (including phenoxy) is 1. The summed E-state index contributed by atoms with van der Waals surface area (Å²) in [5.41, 5.74) is 1.06. The number of hydrogen-bond acceptors (Lipinski definition) is 3. The molecule has 5 heteroatoms. The second-order valence-electron chi connectivity index (χ2n) is 4.17. The van der Waals surface area contributed by atoms with Gasteiger partial charge in [-0.1, -0.05) is 11.6 Å². The van der Waals surface area contributed by atoms with Crippen LogP contribution in [-0.2, 0) is 6.54 Å². The minimum absolute atomic E-state index is 0.648. The van der Waals surface area contributed by atoms with Gasteiger partial charge in [-0.2, -0.15) is 0 Å². The fraction of sp³-hybridized carbons (Fsp3) is 0.286. The van der Waals surface area contributed by atoms with Crippen LogP contribution in [-0.4, -0.2) is 13.2 Å². The van der Waals surface area contributed by atoms with Gasteiger partial charge in [0, 0.05) is 32.8 Å². The zero-order valence-electron chi connectivity index (χ0n) is 10.6. The van der Waals surface area contributed by atoms with Crippen LogP contribution >= 0.6 is 38.9 Å². The third-order valence-corrected chi connectivity index (χ3v) is 4.53. The van der Waals surface area contributed by atoms with Crippen molar-refractivity contribution >= 4 is 38.9 Å². The maximum atomic E-state index is 5.90. The Morgan fingerprint density at radius 3 is 2.89 bits per heavy atom. The lowest BCUT2D eigenvalue weighted by Gasteiger charge is -2.09. The summed E-state index contributed by atoms with van der Waals surface area (Å²) < 4.78 is 6.85. The van der Waals surface area contributed by atoms with E-state index in [-0.39, 0.29) is 0 Å². The average Bonchev–Trinajstić information content (AvgIpc) is 2.77. The van der Waals surface area contributed by atoms with Gasteiger partial charge in [-0.25, -0.2) is 0 Å². The summed E-state index contributed by atoms with van der Waals surface area (Å²) in [6.45, 7) is 4.34. The fourth-order valence-electron chi connectivity index (χ4n) is 1.67. The SMILES string of the molecule is Cc1cc(Cl)ccc1OCCNCc1cc(Br)cs1. The molecule has 1 aromatic carbocycles. The first-order valence-electron chi connectivity index (χ1n) is 5.98. The van der Waals surface area contributed by atoms with Crippen molar-refractivity contribution in [3.05, 3.63) is 49.6 Å². The number of thiophene rings is 1. The summed E-state index contributed by atoms with van der Waals surface area (Å²) in [6, 6.07) is 7.80. The molecule has 1 heterocycles. The molecule has 0 amide bonds. The molecular weight excluding hydrogens is 346 g/mol. The first-order chi connectivity index (χ1) is 9.15. The number of hydrogen-bond donors (Lipinski definition) is 1. The van der Waals surface area contributed by atoms with E-state index in [4.69, 9.17) is 16.3 Å². The Hall–Kier alpha value is -0.550. The minimum Gasteiger partial charge on any atom is -0.492 e. The van der Waals surface area contributed by atoms with Crippen LogP contribution in [0.15, 0.2) is 34.1 Å². The molecule has 2 aromatic rings. The Morgan fingerprint density at radius 2 is 2.21 bits per heavy atom. The van der Waals surface area contributed by atoms with Crippen LogP contribution < -0.4 is 10.1 Å². The molecule has 0 saturated carbocycles. The molecule has 1 N–H and O–H groups in total. The molecular formula is C14H15BrClNOS. The Morgan fingerprint density at radius 1 is 1.37 bits per heavy atom. The van der Waals surface area contributed by atoms with Crippen molar-refractivity contribution < 1.29 is 4.74 Å². The molecule has 0 bridgehead atoms. The first-order valence-corrected chi connectivity index (χ1v) is 8.03. The van der Waals surface area contributed by atoms with Gasteiger partial charge in [0.05, 0.1) is 0 Å². The monoisotopic (exact) mass is 359 g/mol. The second-order valence-corrected chi connectivity index (χ2v) is 6.51. The summed E-state index contributed by atoms with van der Waals surface area (Å²) in [7, 11) is 0. The van der Waals surface area contributed by atoms with Crippen molar-refractivity contribution in [2.75, 3.05) is 13.2 Å². The van der Waals surface area contributed by atoms with Crippen LogP contribution in [0.5, 0.6) is 5.75 Å². The molecule has 0 saturated heterocycles. The molecule has 0 aliphatic rings. The van der Waals surface area contributed by atoms with E-state index in [0.29, 0.717) is 6.61 Å². The molecule has 0 aliphatic carbocycles. The van der Waals surface area contributed by atoms with E-state index < -0.39 is 0 Å². The van der Waals surface area contributed by atoms with Crippen molar-refractivity contribution in [1.29, 1.82) is 0 Å². The van der Waals surface area contributed by atoms with Gasteiger partial charge in [0.15, 0.2) is 0 Å². The van der Waals surface area contributed by atoms with E-state index in [1.54, 1.807) is 11.3 Å². The Labute approximate surface area is 130 Å². The van der Waals surface area contributed by atoms with E-state index in [2.05, 4.69) is 32.7 Å². The zero-order chi connectivity index (χ0) is 13.7. The van der Waals surface area contributed by atoms with Gasteiger partial charge in [-0.15, -0.1) is 11.3 Å². The van der Waals surface area contributed by atoms with Crippen molar-refractivity contribution in [2.45, 2.75) is 13.5 Å². The highest BCUT2D eigenvalue weighted by Crippen LogP contribution is 2.21. The van der Waals surface area contributed by atoms with Gasteiger partial charge in [0.25, 0.3) is 0 Å². The van der Waals surface area contributed by atoms with Crippen LogP contribution in [0.3, 0.4) is 0 Å². The van der Waals surface area contributed by atoms with Gasteiger partial charge in [0.2, 0.25) is 0 Å². The number of aryl methyl sites for hydroxylation is 1. The number of rotatable bonds is 6. The third-order valence-electron chi connectivity index (χ3n) is 2.59. The normalized spacial score (nSPS) is 10.7. The number of benzene rings is 1. The predicted molar refractivity (Wildman–Crippen MR) is 85.4 cm³/mol. The Balaban J connectivity index is 1.69. The summed E-state index contributed by atoms with van der Waals surface area (Å²) in [4.78, 5) is 1.31. The summed E-state index contributed by atoms with van der Waals surface area (Å²) >= 11 is 11.1. The summed E-state index contributed by atoms with van der Waals surface area (Å²) in [5, 5.41) is 6.18. The van der Waals surface area contributed by atoms with Crippen molar-refractivity contribution in [2.24, 2.45) is 0 Å². The third kappa shape index (κ3) is 4.80. The largest absolute Gasteiger partial charge is 0.492 e. The molecule has 2 nitrogen and oxygen atoms in total. The maximum Gasteiger partial charge on any atom is 0.122 e. The van der Waals surface area contributed by atoms with E-state index >= 15 is 0 Å². The standard InChI is InChI=1S/C14H15BrClNOS/c1-10-6-12(16)2-3-14(10)18-5-4-17-8-13-7-11(15)9-19-13/h2-3,6-7,9,17H,4-5,8H2,1H3. The van der Waals surface area contributed by atoms with E-state index in [9.17, 15) is 0 Å². The predicted octanol–water partition coefficient (Wildman–Crippen LogP) is 4.64. The van der Waals surface area contributed by atoms with E-state index in [1.807, 2.05) is 25.1 Å². The van der Waals surface area contributed by atoms with Crippen LogP contribution in [0.2, 0.25) is 5.02 Å². The van der Waals surface area contributed by atoms with Gasteiger partial charge < -0.3 is 10.1 Å². The molecule has 0 fully saturated rings. The highest BCUT2D eigenvalue weighted by molar-refractivity contribution is 9.10. The van der Waals surface area contributed by atoms with Crippen LogP contribution in [0.25, 0.3) is 0 Å².